The van der Waals surface area contributed by atoms with Crippen molar-refractivity contribution in [1.29, 1.82) is 0 Å². The van der Waals surface area contributed by atoms with Crippen LogP contribution in [0.25, 0.3) is 11.1 Å². The molecule has 24 heavy (non-hydrogen) atoms. The zero-order valence-electron chi connectivity index (χ0n) is 13.6. The van der Waals surface area contributed by atoms with Crippen molar-refractivity contribution in [3.63, 3.8) is 0 Å². The maximum absolute atomic E-state index is 12.3. The SMILES string of the molecule is CC(=O)c1sc(Nc2ccccc2)c2c1-c1ccccc1CCC2. The Morgan fingerprint density at radius 3 is 2.54 bits per heavy atom. The van der Waals surface area contributed by atoms with Crippen LogP contribution in [0.2, 0.25) is 0 Å². The first-order valence-electron chi connectivity index (χ1n) is 8.31. The summed E-state index contributed by atoms with van der Waals surface area (Å²) in [4.78, 5) is 13.2. The number of hydrogen-bond donors (Lipinski definition) is 1. The Balaban J connectivity index is 1.89. The number of hydrogen-bond acceptors (Lipinski definition) is 3. The number of carbonyl (C=O) groups excluding carboxylic acids is 1. The number of thiophene rings is 1. The lowest BCUT2D eigenvalue weighted by Gasteiger charge is -2.08. The van der Waals surface area contributed by atoms with E-state index in [9.17, 15) is 4.79 Å². The van der Waals surface area contributed by atoms with Gasteiger partial charge in [-0.3, -0.25) is 4.79 Å². The highest BCUT2D eigenvalue weighted by Crippen LogP contribution is 2.45. The molecule has 0 saturated carbocycles. The minimum Gasteiger partial charge on any atom is -0.347 e. The van der Waals surface area contributed by atoms with Crippen LogP contribution in [0.5, 0.6) is 0 Å². The normalized spacial score (nSPS) is 12.9. The van der Waals surface area contributed by atoms with Crippen molar-refractivity contribution in [3.8, 4) is 11.1 Å². The molecule has 0 unspecified atom stereocenters. The van der Waals surface area contributed by atoms with Crippen LogP contribution >= 0.6 is 11.3 Å². The Morgan fingerprint density at radius 1 is 1.00 bits per heavy atom. The van der Waals surface area contributed by atoms with E-state index in [2.05, 4.69) is 41.7 Å². The molecule has 120 valence electrons. The van der Waals surface area contributed by atoms with Gasteiger partial charge in [0.1, 0.15) is 0 Å². The van der Waals surface area contributed by atoms with Gasteiger partial charge in [0, 0.05) is 11.3 Å². The molecule has 2 aromatic carbocycles. The molecule has 3 aromatic rings. The lowest BCUT2D eigenvalue weighted by atomic mass is 9.96. The van der Waals surface area contributed by atoms with Gasteiger partial charge in [0.25, 0.3) is 0 Å². The van der Waals surface area contributed by atoms with E-state index in [1.807, 2.05) is 18.2 Å². The van der Waals surface area contributed by atoms with Crippen LogP contribution < -0.4 is 5.32 Å². The number of ketones is 1. The summed E-state index contributed by atoms with van der Waals surface area (Å²) in [5.41, 5.74) is 6.09. The van der Waals surface area contributed by atoms with Gasteiger partial charge in [0.15, 0.2) is 5.78 Å². The Bertz CT molecular complexity index is 895. The highest BCUT2D eigenvalue weighted by Gasteiger charge is 2.25. The number of anilines is 2. The van der Waals surface area contributed by atoms with Crippen LogP contribution in [-0.4, -0.2) is 5.78 Å². The first-order chi connectivity index (χ1) is 11.7. The molecule has 0 aliphatic heterocycles. The van der Waals surface area contributed by atoms with Crippen LogP contribution in [0.1, 0.15) is 34.1 Å². The number of rotatable bonds is 3. The van der Waals surface area contributed by atoms with Gasteiger partial charge in [-0.25, -0.2) is 0 Å². The van der Waals surface area contributed by atoms with Gasteiger partial charge in [-0.05, 0) is 55.0 Å². The van der Waals surface area contributed by atoms with Crippen molar-refractivity contribution in [1.82, 2.24) is 0 Å². The lowest BCUT2D eigenvalue weighted by Crippen LogP contribution is -1.94. The molecule has 0 atom stereocenters. The first kappa shape index (κ1) is 15.2. The molecule has 0 amide bonds. The standard InChI is InChI=1S/C21H19NOS/c1-14(23)20-19-17-12-6-5-8-15(17)9-7-13-18(19)21(24-20)22-16-10-3-2-4-11-16/h2-6,8,10-12,22H,7,9,13H2,1H3. The molecule has 1 aliphatic rings. The fourth-order valence-electron chi connectivity index (χ4n) is 3.43. The number of Topliss-reactive ketones (excluding diaryl/α,β-unsaturated/α-hetero) is 1. The molecule has 1 heterocycles. The van der Waals surface area contributed by atoms with Crippen molar-refractivity contribution >= 4 is 27.8 Å². The second kappa shape index (κ2) is 6.25. The van der Waals surface area contributed by atoms with E-state index in [1.165, 1.54) is 16.7 Å². The minimum atomic E-state index is 0.147. The Kier molecular flexibility index (Phi) is 3.95. The highest BCUT2D eigenvalue weighted by atomic mass is 32.1. The molecular formula is C21H19NOS. The molecule has 0 spiro atoms. The van der Waals surface area contributed by atoms with Crippen molar-refractivity contribution in [2.24, 2.45) is 0 Å². The molecule has 0 fully saturated rings. The maximum atomic E-state index is 12.3. The van der Waals surface area contributed by atoms with Gasteiger partial charge >= 0.3 is 0 Å². The smallest absolute Gasteiger partial charge is 0.170 e. The highest BCUT2D eigenvalue weighted by molar-refractivity contribution is 7.18. The monoisotopic (exact) mass is 333 g/mol. The van der Waals surface area contributed by atoms with E-state index in [-0.39, 0.29) is 5.78 Å². The third-order valence-electron chi connectivity index (χ3n) is 4.52. The molecule has 1 aromatic heterocycles. The topological polar surface area (TPSA) is 29.1 Å². The fourth-order valence-corrected chi connectivity index (χ4v) is 4.61. The Labute approximate surface area is 146 Å². The molecule has 3 heteroatoms. The van der Waals surface area contributed by atoms with Gasteiger partial charge < -0.3 is 5.32 Å². The first-order valence-corrected chi connectivity index (χ1v) is 9.12. The van der Waals surface area contributed by atoms with Crippen molar-refractivity contribution in [2.45, 2.75) is 26.2 Å². The number of nitrogens with one attached hydrogen (secondary N) is 1. The van der Waals surface area contributed by atoms with Crippen molar-refractivity contribution < 1.29 is 4.79 Å². The number of benzene rings is 2. The summed E-state index contributed by atoms with van der Waals surface area (Å²) in [7, 11) is 0. The molecule has 0 bridgehead atoms. The zero-order chi connectivity index (χ0) is 16.5. The summed E-state index contributed by atoms with van der Waals surface area (Å²) in [6, 6.07) is 18.7. The fraction of sp³-hybridized carbons (Fsp3) is 0.190. The third-order valence-corrected chi connectivity index (χ3v) is 5.77. The summed E-state index contributed by atoms with van der Waals surface area (Å²) in [5, 5.41) is 4.64. The molecule has 2 nitrogen and oxygen atoms in total. The Hall–Kier alpha value is -2.39. The molecule has 0 radical (unpaired) electrons. The van der Waals surface area contributed by atoms with E-state index >= 15 is 0 Å². The van der Waals surface area contributed by atoms with Gasteiger partial charge in [-0.1, -0.05) is 42.5 Å². The second-order valence-electron chi connectivity index (χ2n) is 6.17. The molecular weight excluding hydrogens is 314 g/mol. The van der Waals surface area contributed by atoms with E-state index in [1.54, 1.807) is 18.3 Å². The van der Waals surface area contributed by atoms with Gasteiger partial charge in [-0.15, -0.1) is 11.3 Å². The van der Waals surface area contributed by atoms with Crippen LogP contribution in [-0.2, 0) is 12.8 Å². The van der Waals surface area contributed by atoms with Crippen LogP contribution in [0.3, 0.4) is 0 Å². The van der Waals surface area contributed by atoms with Gasteiger partial charge in [-0.2, -0.15) is 0 Å². The molecule has 0 saturated heterocycles. The predicted molar refractivity (Wildman–Crippen MR) is 102 cm³/mol. The van der Waals surface area contributed by atoms with Crippen LogP contribution in [0.15, 0.2) is 54.6 Å². The number of aryl methyl sites for hydroxylation is 1. The van der Waals surface area contributed by atoms with Crippen LogP contribution in [0, 0.1) is 0 Å². The zero-order valence-corrected chi connectivity index (χ0v) is 14.5. The molecule has 1 N–H and O–H groups in total. The summed E-state index contributed by atoms with van der Waals surface area (Å²) in [6.45, 7) is 1.67. The summed E-state index contributed by atoms with van der Waals surface area (Å²) in [6.07, 6.45) is 3.18. The van der Waals surface area contributed by atoms with E-state index in [0.717, 1.165) is 40.4 Å². The predicted octanol–water partition coefficient (Wildman–Crippen LogP) is 5.85. The third kappa shape index (κ3) is 2.65. The lowest BCUT2D eigenvalue weighted by molar-refractivity contribution is 0.102. The van der Waals surface area contributed by atoms with Gasteiger partial charge in [0.05, 0.1) is 9.88 Å². The van der Waals surface area contributed by atoms with Crippen molar-refractivity contribution in [2.75, 3.05) is 5.32 Å². The number of fused-ring (bicyclic) bond motifs is 3. The minimum absolute atomic E-state index is 0.147. The quantitative estimate of drug-likeness (QED) is 0.609. The average Bonchev–Trinajstić information content (AvgIpc) is 2.83. The maximum Gasteiger partial charge on any atom is 0.170 e. The summed E-state index contributed by atoms with van der Waals surface area (Å²) >= 11 is 1.59. The van der Waals surface area contributed by atoms with E-state index < -0.39 is 0 Å². The number of carbonyl (C=O) groups is 1. The molecule has 1 aliphatic carbocycles. The summed E-state index contributed by atoms with van der Waals surface area (Å²) in [5.74, 6) is 0.147. The van der Waals surface area contributed by atoms with Crippen molar-refractivity contribution in [3.05, 3.63) is 70.6 Å². The second-order valence-corrected chi connectivity index (χ2v) is 7.19. The largest absolute Gasteiger partial charge is 0.347 e. The summed E-state index contributed by atoms with van der Waals surface area (Å²) < 4.78 is 0. The number of para-hydroxylation sites is 1. The van der Waals surface area contributed by atoms with Crippen LogP contribution in [0.4, 0.5) is 10.7 Å². The Morgan fingerprint density at radius 2 is 1.75 bits per heavy atom. The van der Waals surface area contributed by atoms with E-state index in [0.29, 0.717) is 0 Å². The van der Waals surface area contributed by atoms with E-state index in [4.69, 9.17) is 0 Å². The average molecular weight is 333 g/mol. The van der Waals surface area contributed by atoms with Gasteiger partial charge in [0.2, 0.25) is 0 Å². The molecule has 4 rings (SSSR count).